The number of amides is 2. The largest absolute Gasteiger partial charge is 0.323 e. The number of benzene rings is 2. The molecule has 2 aromatic carbocycles. The Morgan fingerprint density at radius 1 is 0.952 bits per heavy atom. The first-order valence-corrected chi connectivity index (χ1v) is 6.85. The molecule has 7 heteroatoms. The first-order valence-electron chi connectivity index (χ1n) is 5.72. The van der Waals surface area contributed by atoms with Crippen LogP contribution in [0.5, 0.6) is 0 Å². The van der Waals surface area contributed by atoms with E-state index in [-0.39, 0.29) is 0 Å². The van der Waals surface area contributed by atoms with Gasteiger partial charge in [0.05, 0.1) is 33.1 Å². The summed E-state index contributed by atoms with van der Waals surface area (Å²) in [5.74, 6) is 0. The molecule has 4 nitrogen and oxygen atoms in total. The van der Waals surface area contributed by atoms with Gasteiger partial charge in [0.1, 0.15) is 0 Å². The average molecular weight is 341 g/mol. The van der Waals surface area contributed by atoms with Gasteiger partial charge in [0.2, 0.25) is 0 Å². The van der Waals surface area contributed by atoms with Crippen LogP contribution in [0.3, 0.4) is 0 Å². The van der Waals surface area contributed by atoms with Crippen LogP contribution in [0.25, 0.3) is 0 Å². The zero-order valence-corrected chi connectivity index (χ0v) is 12.7. The van der Waals surface area contributed by atoms with E-state index in [9.17, 15) is 4.79 Å². The highest BCUT2D eigenvalue weighted by Gasteiger charge is 2.09. The van der Waals surface area contributed by atoms with Crippen molar-refractivity contribution < 1.29 is 4.79 Å². The Labute approximate surface area is 136 Å². The molecule has 2 amide bonds. The van der Waals surface area contributed by atoms with E-state index in [0.29, 0.717) is 32.0 Å². The highest BCUT2D eigenvalue weighted by Crippen LogP contribution is 2.26. The van der Waals surface area contributed by atoms with E-state index in [4.69, 9.17) is 40.1 Å². The molecule has 2 aromatic rings. The number of urea groups is 1. The lowest BCUT2D eigenvalue weighted by Gasteiger charge is -2.10. The van der Waals surface area contributed by atoms with Gasteiger partial charge in [-0.05, 0) is 36.4 Å². The predicted molar refractivity (Wildman–Crippen MR) is 85.3 cm³/mol. The Morgan fingerprint density at radius 3 is 2.14 bits per heavy atom. The lowest BCUT2D eigenvalue weighted by atomic mass is 10.2. The van der Waals surface area contributed by atoms with Crippen LogP contribution in [0.2, 0.25) is 15.1 Å². The number of nitrogens with one attached hydrogen (secondary N) is 2. The zero-order chi connectivity index (χ0) is 15.4. The minimum absolute atomic E-state index is 0.321. The second-order valence-corrected chi connectivity index (χ2v) is 5.26. The van der Waals surface area contributed by atoms with Crippen LogP contribution in [0.4, 0.5) is 16.2 Å². The van der Waals surface area contributed by atoms with Gasteiger partial charge < -0.3 is 10.6 Å². The van der Waals surface area contributed by atoms with Crippen LogP contribution < -0.4 is 10.6 Å². The Bertz CT molecular complexity index is 741. The molecule has 21 heavy (non-hydrogen) atoms. The van der Waals surface area contributed by atoms with Gasteiger partial charge in [0.15, 0.2) is 0 Å². The van der Waals surface area contributed by atoms with Gasteiger partial charge in [-0.2, -0.15) is 5.26 Å². The maximum absolute atomic E-state index is 11.9. The van der Waals surface area contributed by atoms with Crippen molar-refractivity contribution in [2.45, 2.75) is 0 Å². The molecular weight excluding hydrogens is 333 g/mol. The molecule has 0 aliphatic heterocycles. The summed E-state index contributed by atoms with van der Waals surface area (Å²) in [7, 11) is 0. The van der Waals surface area contributed by atoms with Gasteiger partial charge in [-0.25, -0.2) is 4.79 Å². The van der Waals surface area contributed by atoms with Crippen LogP contribution in [0.1, 0.15) is 5.56 Å². The summed E-state index contributed by atoms with van der Waals surface area (Å²) >= 11 is 17.7. The number of halogens is 3. The molecule has 106 valence electrons. The Hall–Kier alpha value is -1.93. The molecule has 0 saturated carbocycles. The third kappa shape index (κ3) is 4.02. The van der Waals surface area contributed by atoms with Crippen LogP contribution in [0, 0.1) is 11.3 Å². The predicted octanol–water partition coefficient (Wildman–Crippen LogP) is 5.16. The molecule has 0 spiro atoms. The molecule has 0 saturated heterocycles. The van der Waals surface area contributed by atoms with Gasteiger partial charge in [-0.15, -0.1) is 0 Å². The zero-order valence-electron chi connectivity index (χ0n) is 10.5. The first kappa shape index (κ1) is 15.5. The third-order valence-corrected chi connectivity index (χ3v) is 3.41. The number of rotatable bonds is 2. The number of hydrogen-bond acceptors (Lipinski definition) is 2. The minimum Gasteiger partial charge on any atom is -0.306 e. The number of nitriles is 1. The van der Waals surface area contributed by atoms with Crippen molar-refractivity contribution in [1.29, 1.82) is 5.26 Å². The maximum atomic E-state index is 11.9. The van der Waals surface area contributed by atoms with Crippen molar-refractivity contribution in [3.63, 3.8) is 0 Å². The molecule has 0 aromatic heterocycles. The molecule has 2 N–H and O–H groups in total. The van der Waals surface area contributed by atoms with Crippen molar-refractivity contribution in [1.82, 2.24) is 0 Å². The highest BCUT2D eigenvalue weighted by molar-refractivity contribution is 6.36. The van der Waals surface area contributed by atoms with E-state index in [1.165, 1.54) is 18.2 Å². The number of nitrogens with zero attached hydrogens (tertiary/aromatic N) is 1. The fourth-order valence-corrected chi connectivity index (χ4v) is 2.06. The summed E-state index contributed by atoms with van der Waals surface area (Å²) in [5, 5.41) is 15.1. The summed E-state index contributed by atoms with van der Waals surface area (Å²) < 4.78 is 0. The van der Waals surface area contributed by atoms with Crippen LogP contribution >= 0.6 is 34.8 Å². The molecule has 0 atom stereocenters. The Kier molecular flexibility index (Phi) is 4.92. The van der Waals surface area contributed by atoms with Crippen molar-refractivity contribution in [3.8, 4) is 6.07 Å². The second kappa shape index (κ2) is 6.68. The molecule has 0 bridgehead atoms. The van der Waals surface area contributed by atoms with E-state index in [0.717, 1.165) is 0 Å². The number of carbonyl (C=O) groups excluding carboxylic acids is 1. The molecule has 0 unspecified atom stereocenters. The fraction of sp³-hybridized carbons (Fsp3) is 0. The fourth-order valence-electron chi connectivity index (χ4n) is 1.56. The van der Waals surface area contributed by atoms with Gasteiger partial charge >= 0.3 is 6.03 Å². The van der Waals surface area contributed by atoms with Gasteiger partial charge in [0, 0.05) is 5.02 Å². The summed E-state index contributed by atoms with van der Waals surface area (Å²) in [5.41, 5.74) is 1.08. The average Bonchev–Trinajstić information content (AvgIpc) is 2.45. The maximum Gasteiger partial charge on any atom is 0.323 e. The van der Waals surface area contributed by atoms with E-state index in [1.54, 1.807) is 18.2 Å². The minimum atomic E-state index is -0.545. The summed E-state index contributed by atoms with van der Waals surface area (Å²) in [6.07, 6.45) is 0. The SMILES string of the molecule is N#Cc1ccc(Cl)c(NC(=O)Nc2cc(Cl)ccc2Cl)c1. The van der Waals surface area contributed by atoms with Gasteiger partial charge in [-0.3, -0.25) is 0 Å². The number of hydrogen-bond donors (Lipinski definition) is 2. The normalized spacial score (nSPS) is 9.81. The van der Waals surface area contributed by atoms with Crippen LogP contribution in [-0.2, 0) is 0 Å². The molecular formula is C14H8Cl3N3O. The Morgan fingerprint density at radius 2 is 1.52 bits per heavy atom. The van der Waals surface area contributed by atoms with E-state index >= 15 is 0 Å². The Balaban J connectivity index is 2.15. The second-order valence-electron chi connectivity index (χ2n) is 4.01. The van der Waals surface area contributed by atoms with E-state index < -0.39 is 6.03 Å². The van der Waals surface area contributed by atoms with Crippen molar-refractivity contribution >= 4 is 52.2 Å². The topological polar surface area (TPSA) is 64.9 Å². The van der Waals surface area contributed by atoms with E-state index in [2.05, 4.69) is 10.6 Å². The number of anilines is 2. The highest BCUT2D eigenvalue weighted by atomic mass is 35.5. The van der Waals surface area contributed by atoms with Crippen molar-refractivity contribution in [3.05, 3.63) is 57.0 Å². The van der Waals surface area contributed by atoms with Crippen molar-refractivity contribution in [2.24, 2.45) is 0 Å². The van der Waals surface area contributed by atoms with Crippen LogP contribution in [-0.4, -0.2) is 6.03 Å². The molecule has 0 radical (unpaired) electrons. The monoisotopic (exact) mass is 339 g/mol. The molecule has 0 heterocycles. The number of carbonyl (C=O) groups is 1. The lowest BCUT2D eigenvalue weighted by Crippen LogP contribution is -2.19. The smallest absolute Gasteiger partial charge is 0.306 e. The van der Waals surface area contributed by atoms with Crippen LogP contribution in [0.15, 0.2) is 36.4 Å². The molecule has 0 fully saturated rings. The quantitative estimate of drug-likeness (QED) is 0.792. The summed E-state index contributed by atoms with van der Waals surface area (Å²) in [6.45, 7) is 0. The van der Waals surface area contributed by atoms with Gasteiger partial charge in [0.25, 0.3) is 0 Å². The lowest BCUT2D eigenvalue weighted by molar-refractivity contribution is 0.262. The van der Waals surface area contributed by atoms with Crippen molar-refractivity contribution in [2.75, 3.05) is 10.6 Å². The van der Waals surface area contributed by atoms with Gasteiger partial charge in [-0.1, -0.05) is 34.8 Å². The molecule has 0 aliphatic carbocycles. The van der Waals surface area contributed by atoms with E-state index in [1.807, 2.05) is 6.07 Å². The molecule has 0 aliphatic rings. The third-order valence-electron chi connectivity index (χ3n) is 2.52. The molecule has 2 rings (SSSR count). The summed E-state index contributed by atoms with van der Waals surface area (Å²) in [6, 6.07) is 10.7. The standard InChI is InChI=1S/C14H8Cl3N3O/c15-9-2-4-11(17)13(6-9)20-14(21)19-12-5-8(7-18)1-3-10(12)16/h1-6H,(H2,19,20,21). The summed E-state index contributed by atoms with van der Waals surface area (Å²) in [4.78, 5) is 11.9. The first-order chi connectivity index (χ1) is 9.99.